The van der Waals surface area contributed by atoms with Gasteiger partial charge in [0, 0.05) is 11.1 Å². The van der Waals surface area contributed by atoms with Gasteiger partial charge in [-0.2, -0.15) is 0 Å². The van der Waals surface area contributed by atoms with Gasteiger partial charge in [0.25, 0.3) is 0 Å². The largest absolute Gasteiger partial charge is 0.481 e. The van der Waals surface area contributed by atoms with E-state index in [4.69, 9.17) is 21.4 Å². The number of carboxylic acids is 1. The third kappa shape index (κ3) is 3.93. The van der Waals surface area contributed by atoms with Crippen LogP contribution in [-0.4, -0.2) is 16.0 Å². The summed E-state index contributed by atoms with van der Waals surface area (Å²) in [6.45, 7) is 0. The number of benzene rings is 2. The molecule has 2 aromatic rings. The normalized spacial score (nSPS) is 10.1. The summed E-state index contributed by atoms with van der Waals surface area (Å²) in [5.74, 6) is -0.610. The van der Waals surface area contributed by atoms with E-state index in [1.54, 1.807) is 18.2 Å². The molecule has 0 atom stereocenters. The zero-order valence-electron chi connectivity index (χ0n) is 10.7. The molecule has 0 aliphatic carbocycles. The molecule has 0 unspecified atom stereocenters. The second-order valence-electron chi connectivity index (χ2n) is 4.19. The predicted octanol–water partition coefficient (Wildman–Crippen LogP) is 3.67. The molecule has 0 amide bonds. The van der Waals surface area contributed by atoms with E-state index in [1.807, 2.05) is 0 Å². The van der Waals surface area contributed by atoms with Crippen LogP contribution in [0.5, 0.6) is 11.5 Å². The van der Waals surface area contributed by atoms with E-state index in [0.717, 1.165) is 0 Å². The Morgan fingerprint density at radius 3 is 2.71 bits per heavy atom. The minimum absolute atomic E-state index is 0.0388. The minimum atomic E-state index is -0.968. The minimum Gasteiger partial charge on any atom is -0.481 e. The molecule has 21 heavy (non-hydrogen) atoms. The summed E-state index contributed by atoms with van der Waals surface area (Å²) in [7, 11) is 0. The molecule has 108 valence electrons. The summed E-state index contributed by atoms with van der Waals surface area (Å²) in [6, 6.07) is 10.4. The van der Waals surface area contributed by atoms with Crippen LogP contribution < -0.4 is 4.74 Å². The number of nitro benzene ring substituents is 1. The number of carbonyl (C=O) groups is 1. The molecule has 6 nitrogen and oxygen atoms in total. The van der Waals surface area contributed by atoms with E-state index in [2.05, 4.69) is 0 Å². The molecule has 0 saturated carbocycles. The average Bonchev–Trinajstić information content (AvgIpc) is 2.40. The number of nitrogens with zero attached hydrogens (tertiary/aromatic N) is 1. The molecule has 0 aliphatic heterocycles. The van der Waals surface area contributed by atoms with E-state index < -0.39 is 10.9 Å². The van der Waals surface area contributed by atoms with Gasteiger partial charge in [-0.3, -0.25) is 14.9 Å². The molecule has 2 rings (SSSR count). The Hall–Kier alpha value is -2.60. The summed E-state index contributed by atoms with van der Waals surface area (Å²) >= 11 is 5.72. The number of hydrogen-bond donors (Lipinski definition) is 1. The van der Waals surface area contributed by atoms with Gasteiger partial charge in [0.15, 0.2) is 0 Å². The van der Waals surface area contributed by atoms with Gasteiger partial charge in [0.05, 0.1) is 11.3 Å². The molecular formula is C14H10ClNO5. The SMILES string of the molecule is O=C(O)Cc1cccc(Oc2ccc(Cl)cc2[N+](=O)[O-])c1. The molecule has 0 heterocycles. The molecule has 0 spiro atoms. The maximum atomic E-state index is 11.0. The van der Waals surface area contributed by atoms with Crippen molar-refractivity contribution in [3.63, 3.8) is 0 Å². The number of aliphatic carboxylic acids is 1. The first-order chi connectivity index (χ1) is 9.95. The average molecular weight is 308 g/mol. The molecule has 0 fully saturated rings. The summed E-state index contributed by atoms with van der Waals surface area (Å²) in [5, 5.41) is 19.9. The number of carboxylic acid groups (broad SMARTS) is 1. The quantitative estimate of drug-likeness (QED) is 0.672. The Kier molecular flexibility index (Phi) is 4.39. The highest BCUT2D eigenvalue weighted by molar-refractivity contribution is 6.30. The van der Waals surface area contributed by atoms with E-state index in [1.165, 1.54) is 24.3 Å². The van der Waals surface area contributed by atoms with Crippen molar-refractivity contribution in [1.29, 1.82) is 0 Å². The molecular weight excluding hydrogens is 298 g/mol. The van der Waals surface area contributed by atoms with Crippen LogP contribution in [0.2, 0.25) is 5.02 Å². The van der Waals surface area contributed by atoms with Gasteiger partial charge in [0.2, 0.25) is 5.75 Å². The molecule has 1 N–H and O–H groups in total. The molecule has 0 aliphatic rings. The predicted molar refractivity (Wildman–Crippen MR) is 76.0 cm³/mol. The fourth-order valence-corrected chi connectivity index (χ4v) is 1.91. The van der Waals surface area contributed by atoms with Gasteiger partial charge >= 0.3 is 11.7 Å². The van der Waals surface area contributed by atoms with Crippen molar-refractivity contribution in [3.8, 4) is 11.5 Å². The zero-order valence-corrected chi connectivity index (χ0v) is 11.4. The van der Waals surface area contributed by atoms with Crippen molar-refractivity contribution in [1.82, 2.24) is 0 Å². The van der Waals surface area contributed by atoms with Crippen LogP contribution in [0.4, 0.5) is 5.69 Å². The fraction of sp³-hybridized carbons (Fsp3) is 0.0714. The van der Waals surface area contributed by atoms with Crippen LogP contribution in [0.25, 0.3) is 0 Å². The van der Waals surface area contributed by atoms with Crippen LogP contribution in [0.1, 0.15) is 5.56 Å². The van der Waals surface area contributed by atoms with E-state index in [0.29, 0.717) is 11.3 Å². The van der Waals surface area contributed by atoms with Crippen molar-refractivity contribution < 1.29 is 19.6 Å². The summed E-state index contributed by atoms with van der Waals surface area (Å²) in [5.41, 5.74) is 0.280. The maximum Gasteiger partial charge on any atom is 0.313 e. The van der Waals surface area contributed by atoms with Gasteiger partial charge in [0.1, 0.15) is 5.75 Å². The van der Waals surface area contributed by atoms with Crippen molar-refractivity contribution in [2.45, 2.75) is 6.42 Å². The Morgan fingerprint density at radius 2 is 2.05 bits per heavy atom. The van der Waals surface area contributed by atoms with Crippen LogP contribution >= 0.6 is 11.6 Å². The fourth-order valence-electron chi connectivity index (χ4n) is 1.74. The number of hydrogen-bond acceptors (Lipinski definition) is 4. The van der Waals surface area contributed by atoms with Crippen LogP contribution in [0.15, 0.2) is 42.5 Å². The van der Waals surface area contributed by atoms with Crippen molar-refractivity contribution >= 4 is 23.3 Å². The first kappa shape index (κ1) is 14.8. The topological polar surface area (TPSA) is 89.7 Å². The third-order valence-corrected chi connectivity index (χ3v) is 2.83. The van der Waals surface area contributed by atoms with Gasteiger partial charge in [-0.25, -0.2) is 0 Å². The van der Waals surface area contributed by atoms with Gasteiger partial charge in [-0.05, 0) is 29.8 Å². The Morgan fingerprint density at radius 1 is 1.29 bits per heavy atom. The molecule has 0 aromatic heterocycles. The van der Waals surface area contributed by atoms with Gasteiger partial charge in [-0.1, -0.05) is 23.7 Å². The molecule has 0 bridgehead atoms. The molecule has 0 radical (unpaired) electrons. The first-order valence-corrected chi connectivity index (χ1v) is 6.26. The van der Waals surface area contributed by atoms with Crippen molar-refractivity contribution in [2.75, 3.05) is 0 Å². The number of nitro groups is 1. The van der Waals surface area contributed by atoms with Crippen LogP contribution in [0.3, 0.4) is 0 Å². The lowest BCUT2D eigenvalue weighted by molar-refractivity contribution is -0.385. The third-order valence-electron chi connectivity index (χ3n) is 2.60. The van der Waals surface area contributed by atoms with Crippen LogP contribution in [-0.2, 0) is 11.2 Å². The number of rotatable bonds is 5. The Balaban J connectivity index is 2.30. The molecule has 2 aromatic carbocycles. The van der Waals surface area contributed by atoms with Gasteiger partial charge in [-0.15, -0.1) is 0 Å². The van der Waals surface area contributed by atoms with Crippen LogP contribution in [0, 0.1) is 10.1 Å². The van der Waals surface area contributed by atoms with E-state index in [9.17, 15) is 14.9 Å². The highest BCUT2D eigenvalue weighted by atomic mass is 35.5. The monoisotopic (exact) mass is 307 g/mol. The first-order valence-electron chi connectivity index (χ1n) is 5.88. The lowest BCUT2D eigenvalue weighted by Gasteiger charge is -2.07. The smallest absolute Gasteiger partial charge is 0.313 e. The molecule has 0 saturated heterocycles. The lowest BCUT2D eigenvalue weighted by atomic mass is 10.1. The Labute approximate surface area is 124 Å². The summed E-state index contributed by atoms with van der Waals surface area (Å²) in [6.07, 6.45) is -0.153. The van der Waals surface area contributed by atoms with Gasteiger partial charge < -0.3 is 9.84 Å². The summed E-state index contributed by atoms with van der Waals surface area (Å²) in [4.78, 5) is 21.0. The number of ether oxygens (including phenoxy) is 1. The molecule has 7 heteroatoms. The Bertz CT molecular complexity index is 702. The van der Waals surface area contributed by atoms with Crippen molar-refractivity contribution in [2.24, 2.45) is 0 Å². The second kappa shape index (κ2) is 6.23. The van der Waals surface area contributed by atoms with Crippen molar-refractivity contribution in [3.05, 3.63) is 63.2 Å². The van der Waals surface area contributed by atoms with E-state index >= 15 is 0 Å². The van der Waals surface area contributed by atoms with E-state index in [-0.39, 0.29) is 22.9 Å². The number of halogens is 1. The maximum absolute atomic E-state index is 11.0. The lowest BCUT2D eigenvalue weighted by Crippen LogP contribution is -2.00. The second-order valence-corrected chi connectivity index (χ2v) is 4.63. The summed E-state index contributed by atoms with van der Waals surface area (Å²) < 4.78 is 5.45. The standard InChI is InChI=1S/C14H10ClNO5/c15-10-4-5-13(12(8-10)16(19)20)21-11-3-1-2-9(6-11)7-14(17)18/h1-6,8H,7H2,(H,17,18). The highest BCUT2D eigenvalue weighted by Gasteiger charge is 2.16. The zero-order chi connectivity index (χ0) is 15.4. The highest BCUT2D eigenvalue weighted by Crippen LogP contribution is 2.33.